The third-order valence-electron chi connectivity index (χ3n) is 4.21. The first-order valence-electron chi connectivity index (χ1n) is 7.78. The van der Waals surface area contributed by atoms with Crippen molar-refractivity contribution in [2.24, 2.45) is 16.1 Å². The number of carbonyl (C=O) groups is 1. The van der Waals surface area contributed by atoms with Crippen molar-refractivity contribution in [1.29, 1.82) is 0 Å². The van der Waals surface area contributed by atoms with Crippen LogP contribution >= 0.6 is 0 Å². The number of nitrogens with zero attached hydrogens (tertiary/aromatic N) is 3. The summed E-state index contributed by atoms with van der Waals surface area (Å²) in [6, 6.07) is 7.34. The highest BCUT2D eigenvalue weighted by Gasteiger charge is 2.33. The highest BCUT2D eigenvalue weighted by atomic mass is 32.2. The Morgan fingerprint density at radius 1 is 1.33 bits per heavy atom. The van der Waals surface area contributed by atoms with Gasteiger partial charge in [0.2, 0.25) is 5.88 Å². The number of amides is 1. The molecule has 8 heteroatoms. The van der Waals surface area contributed by atoms with Crippen LogP contribution in [-0.2, 0) is 14.6 Å². The lowest BCUT2D eigenvalue weighted by Gasteiger charge is -2.10. The Balaban J connectivity index is 1.96. The summed E-state index contributed by atoms with van der Waals surface area (Å²) in [7, 11) is -3.15. The number of hydrogen-bond donors (Lipinski definition) is 1. The van der Waals surface area contributed by atoms with E-state index >= 15 is 0 Å². The van der Waals surface area contributed by atoms with E-state index in [9.17, 15) is 18.3 Å². The van der Waals surface area contributed by atoms with E-state index in [1.165, 1.54) is 0 Å². The van der Waals surface area contributed by atoms with E-state index in [0.29, 0.717) is 5.39 Å². The molecule has 1 saturated heterocycles. The van der Waals surface area contributed by atoms with Crippen LogP contribution in [0.15, 0.2) is 34.5 Å². The predicted octanol–water partition coefficient (Wildman–Crippen LogP) is 2.97. The number of azo groups is 1. The highest BCUT2D eigenvalue weighted by Crippen LogP contribution is 2.40. The van der Waals surface area contributed by atoms with Crippen molar-refractivity contribution in [2.75, 3.05) is 11.5 Å². The van der Waals surface area contributed by atoms with Gasteiger partial charge in [-0.15, -0.1) is 10.2 Å². The van der Waals surface area contributed by atoms with Crippen LogP contribution in [0.1, 0.15) is 26.3 Å². The van der Waals surface area contributed by atoms with Crippen LogP contribution in [0.4, 0.5) is 5.69 Å². The number of rotatable bonds is 3. The zero-order valence-corrected chi connectivity index (χ0v) is 14.3. The van der Waals surface area contributed by atoms with Crippen molar-refractivity contribution in [3.05, 3.63) is 24.3 Å². The standard InChI is InChI=1S/C16H19N3O4S/c1-10(2)19-13-6-4-3-5-12(13)14(16(19)21)17-18-15(20)11-7-8-24(22,23)9-11/h3-6,10-11,21H,7-9H2,1-2H3/t11-/m0/s1. The Morgan fingerprint density at radius 2 is 2.04 bits per heavy atom. The molecule has 2 heterocycles. The van der Waals surface area contributed by atoms with E-state index < -0.39 is 21.7 Å². The fourth-order valence-corrected chi connectivity index (χ4v) is 4.76. The summed E-state index contributed by atoms with van der Waals surface area (Å²) >= 11 is 0. The van der Waals surface area contributed by atoms with Crippen LogP contribution in [0.3, 0.4) is 0 Å². The topological polar surface area (TPSA) is 101 Å². The van der Waals surface area contributed by atoms with Crippen molar-refractivity contribution in [2.45, 2.75) is 26.3 Å². The molecule has 0 bridgehead atoms. The van der Waals surface area contributed by atoms with Crippen LogP contribution in [0, 0.1) is 5.92 Å². The molecule has 24 heavy (non-hydrogen) atoms. The maximum Gasteiger partial charge on any atom is 0.268 e. The summed E-state index contributed by atoms with van der Waals surface area (Å²) in [5, 5.41) is 18.8. The van der Waals surface area contributed by atoms with E-state index in [1.807, 2.05) is 32.0 Å². The molecule has 1 aromatic heterocycles. The smallest absolute Gasteiger partial charge is 0.268 e. The van der Waals surface area contributed by atoms with Crippen molar-refractivity contribution in [1.82, 2.24) is 4.57 Å². The van der Waals surface area contributed by atoms with E-state index in [-0.39, 0.29) is 35.5 Å². The third-order valence-corrected chi connectivity index (χ3v) is 5.97. The van der Waals surface area contributed by atoms with Crippen molar-refractivity contribution in [3.63, 3.8) is 0 Å². The van der Waals surface area contributed by atoms with E-state index in [4.69, 9.17) is 0 Å². The van der Waals surface area contributed by atoms with Crippen molar-refractivity contribution < 1.29 is 18.3 Å². The van der Waals surface area contributed by atoms with Crippen LogP contribution in [-0.4, -0.2) is 35.5 Å². The summed E-state index contributed by atoms with van der Waals surface area (Å²) in [5.41, 5.74) is 1.03. The molecule has 0 spiro atoms. The number of para-hydroxylation sites is 1. The number of aromatic nitrogens is 1. The van der Waals surface area contributed by atoms with Crippen molar-refractivity contribution >= 4 is 32.3 Å². The zero-order chi connectivity index (χ0) is 17.5. The van der Waals surface area contributed by atoms with Gasteiger partial charge in [0, 0.05) is 11.4 Å². The molecular weight excluding hydrogens is 330 g/mol. The molecule has 1 aliphatic heterocycles. The molecule has 1 fully saturated rings. The summed E-state index contributed by atoms with van der Waals surface area (Å²) in [5.74, 6) is -1.42. The minimum absolute atomic E-state index is 0.00882. The minimum atomic E-state index is -3.15. The van der Waals surface area contributed by atoms with Gasteiger partial charge in [-0.05, 0) is 26.3 Å². The van der Waals surface area contributed by atoms with Gasteiger partial charge in [0.15, 0.2) is 15.5 Å². The molecule has 128 valence electrons. The Hall–Kier alpha value is -2.22. The average Bonchev–Trinajstić information content (AvgIpc) is 3.01. The van der Waals surface area contributed by atoms with Gasteiger partial charge in [-0.3, -0.25) is 4.79 Å². The largest absolute Gasteiger partial charge is 0.493 e. The molecule has 1 atom stereocenters. The van der Waals surface area contributed by atoms with Gasteiger partial charge in [-0.25, -0.2) is 8.42 Å². The molecule has 1 aliphatic rings. The van der Waals surface area contributed by atoms with Gasteiger partial charge in [0.05, 0.1) is 22.9 Å². The number of sulfone groups is 1. The quantitative estimate of drug-likeness (QED) is 0.861. The molecule has 3 rings (SSSR count). The SMILES string of the molecule is CC(C)n1c(O)c(N=NC(=O)[C@H]2CCS(=O)(=O)C2)c2ccccc21. The van der Waals surface area contributed by atoms with Crippen LogP contribution in [0.2, 0.25) is 0 Å². The van der Waals surface area contributed by atoms with Crippen LogP contribution < -0.4 is 0 Å². The Labute approximate surface area is 139 Å². The molecule has 0 unspecified atom stereocenters. The first-order valence-corrected chi connectivity index (χ1v) is 9.60. The Bertz CT molecular complexity index is 928. The molecular formula is C16H19N3O4S. The maximum atomic E-state index is 12.1. The monoisotopic (exact) mass is 349 g/mol. The van der Waals surface area contributed by atoms with Crippen molar-refractivity contribution in [3.8, 4) is 5.88 Å². The Morgan fingerprint density at radius 3 is 2.67 bits per heavy atom. The fourth-order valence-electron chi connectivity index (χ4n) is 3.02. The van der Waals surface area contributed by atoms with E-state index in [1.54, 1.807) is 10.6 Å². The summed E-state index contributed by atoms with van der Waals surface area (Å²) in [4.78, 5) is 12.1. The second-order valence-electron chi connectivity index (χ2n) is 6.29. The minimum Gasteiger partial charge on any atom is -0.493 e. The lowest BCUT2D eigenvalue weighted by atomic mass is 10.1. The first-order chi connectivity index (χ1) is 11.3. The maximum absolute atomic E-state index is 12.1. The summed E-state index contributed by atoms with van der Waals surface area (Å²) < 4.78 is 24.6. The predicted molar refractivity (Wildman–Crippen MR) is 90.3 cm³/mol. The lowest BCUT2D eigenvalue weighted by Crippen LogP contribution is -2.13. The third kappa shape index (κ3) is 2.93. The second kappa shape index (κ2) is 6.01. The van der Waals surface area contributed by atoms with E-state index in [0.717, 1.165) is 5.52 Å². The van der Waals surface area contributed by atoms with Gasteiger partial charge < -0.3 is 9.67 Å². The number of fused-ring (bicyclic) bond motifs is 1. The Kier molecular flexibility index (Phi) is 4.16. The van der Waals surface area contributed by atoms with Gasteiger partial charge in [0.25, 0.3) is 5.91 Å². The fraction of sp³-hybridized carbons (Fsp3) is 0.438. The van der Waals surface area contributed by atoms with E-state index in [2.05, 4.69) is 10.2 Å². The van der Waals surface area contributed by atoms with Gasteiger partial charge in [0.1, 0.15) is 0 Å². The number of hydrogen-bond acceptors (Lipinski definition) is 5. The highest BCUT2D eigenvalue weighted by molar-refractivity contribution is 7.91. The van der Waals surface area contributed by atoms with Crippen LogP contribution in [0.5, 0.6) is 5.88 Å². The number of benzene rings is 1. The van der Waals surface area contributed by atoms with Crippen LogP contribution in [0.25, 0.3) is 10.9 Å². The molecule has 7 nitrogen and oxygen atoms in total. The number of aromatic hydroxyl groups is 1. The van der Waals surface area contributed by atoms with Gasteiger partial charge in [-0.1, -0.05) is 18.2 Å². The number of carbonyl (C=O) groups excluding carboxylic acids is 1. The normalized spacial score (nSPS) is 20.4. The average molecular weight is 349 g/mol. The molecule has 0 aliphatic carbocycles. The zero-order valence-electron chi connectivity index (χ0n) is 13.5. The molecule has 0 radical (unpaired) electrons. The lowest BCUT2D eigenvalue weighted by molar-refractivity contribution is -0.121. The summed E-state index contributed by atoms with van der Waals surface area (Å²) in [6.45, 7) is 3.86. The molecule has 2 aromatic rings. The van der Waals surface area contributed by atoms with Gasteiger partial charge in [-0.2, -0.15) is 0 Å². The molecule has 1 amide bonds. The second-order valence-corrected chi connectivity index (χ2v) is 8.52. The molecule has 1 N–H and O–H groups in total. The molecule has 0 saturated carbocycles. The van der Waals surface area contributed by atoms with Gasteiger partial charge >= 0.3 is 0 Å². The first kappa shape index (κ1) is 16.6. The molecule has 1 aromatic carbocycles. The summed E-state index contributed by atoms with van der Waals surface area (Å²) in [6.07, 6.45) is 0.278.